The van der Waals surface area contributed by atoms with Crippen molar-refractivity contribution < 1.29 is 14.3 Å². The van der Waals surface area contributed by atoms with E-state index in [0.717, 1.165) is 10.0 Å². The van der Waals surface area contributed by atoms with Gasteiger partial charge in [0.15, 0.2) is 6.61 Å². The first-order valence-electron chi connectivity index (χ1n) is 7.53. The lowest BCUT2D eigenvalue weighted by Gasteiger charge is -2.18. The zero-order valence-electron chi connectivity index (χ0n) is 13.9. The second kappa shape index (κ2) is 8.87. The highest BCUT2D eigenvalue weighted by atomic mass is 79.9. The van der Waals surface area contributed by atoms with Gasteiger partial charge >= 0.3 is 0 Å². The lowest BCUT2D eigenvalue weighted by Crippen LogP contribution is -2.31. The van der Waals surface area contributed by atoms with E-state index in [0.29, 0.717) is 22.9 Å². The summed E-state index contributed by atoms with van der Waals surface area (Å²) in [6, 6.07) is 12.3. The van der Waals surface area contributed by atoms with E-state index in [1.165, 1.54) is 0 Å². The molecule has 0 aliphatic rings. The lowest BCUT2D eigenvalue weighted by molar-refractivity contribution is -0.132. The molecule has 132 valence electrons. The molecule has 0 bridgehead atoms. The second-order valence-corrected chi connectivity index (χ2v) is 6.71. The summed E-state index contributed by atoms with van der Waals surface area (Å²) >= 11 is 9.38. The Labute approximate surface area is 160 Å². The Morgan fingerprint density at radius 2 is 1.88 bits per heavy atom. The molecule has 7 heteroatoms. The van der Waals surface area contributed by atoms with Crippen molar-refractivity contribution in [3.8, 4) is 5.75 Å². The van der Waals surface area contributed by atoms with E-state index in [9.17, 15) is 9.59 Å². The maximum Gasteiger partial charge on any atom is 0.260 e. The maximum atomic E-state index is 12.2. The third-order valence-corrected chi connectivity index (χ3v) is 4.32. The Morgan fingerprint density at radius 3 is 2.48 bits per heavy atom. The van der Waals surface area contributed by atoms with Gasteiger partial charge in [-0.1, -0.05) is 39.7 Å². The van der Waals surface area contributed by atoms with Gasteiger partial charge < -0.3 is 15.0 Å². The van der Waals surface area contributed by atoms with Gasteiger partial charge in [-0.05, 0) is 35.9 Å². The molecule has 0 atom stereocenters. The van der Waals surface area contributed by atoms with Crippen molar-refractivity contribution in [3.63, 3.8) is 0 Å². The minimum Gasteiger partial charge on any atom is -0.482 e. The number of carbonyl (C=O) groups excluding carboxylic acids is 2. The molecule has 2 amide bonds. The monoisotopic (exact) mass is 424 g/mol. The zero-order valence-corrected chi connectivity index (χ0v) is 16.2. The molecule has 0 spiro atoms. The smallest absolute Gasteiger partial charge is 0.260 e. The first kappa shape index (κ1) is 19.3. The van der Waals surface area contributed by atoms with Crippen LogP contribution in [0.25, 0.3) is 0 Å². The largest absolute Gasteiger partial charge is 0.482 e. The highest BCUT2D eigenvalue weighted by Gasteiger charge is 2.12. The predicted octanol–water partition coefficient (Wildman–Crippen LogP) is 3.50. The average molecular weight is 426 g/mol. The lowest BCUT2D eigenvalue weighted by atomic mass is 10.1. The quantitative estimate of drug-likeness (QED) is 0.770. The molecular weight excluding hydrogens is 408 g/mol. The molecule has 2 aromatic carbocycles. The number of halogens is 2. The molecule has 0 aliphatic carbocycles. The molecule has 2 aromatic rings. The van der Waals surface area contributed by atoms with Crippen LogP contribution in [-0.4, -0.2) is 37.4 Å². The van der Waals surface area contributed by atoms with Crippen molar-refractivity contribution >= 4 is 39.3 Å². The van der Waals surface area contributed by atoms with Crippen molar-refractivity contribution in [1.29, 1.82) is 0 Å². The fourth-order valence-electron chi connectivity index (χ4n) is 2.11. The SMILES string of the molecule is CNC(=O)c1ccc(CN(C)C(=O)COc2ccc(Br)cc2Cl)cc1. The zero-order chi connectivity index (χ0) is 18.4. The Balaban J connectivity index is 1.90. The number of amides is 2. The van der Waals surface area contributed by atoms with E-state index in [1.54, 1.807) is 49.3 Å². The van der Waals surface area contributed by atoms with E-state index in [4.69, 9.17) is 16.3 Å². The molecule has 0 aromatic heterocycles. The van der Waals surface area contributed by atoms with Crippen LogP contribution in [0.4, 0.5) is 0 Å². The van der Waals surface area contributed by atoms with Gasteiger partial charge in [-0.2, -0.15) is 0 Å². The summed E-state index contributed by atoms with van der Waals surface area (Å²) in [6.45, 7) is 0.318. The molecule has 0 heterocycles. The van der Waals surface area contributed by atoms with Crippen molar-refractivity contribution in [1.82, 2.24) is 10.2 Å². The first-order valence-corrected chi connectivity index (χ1v) is 8.70. The van der Waals surface area contributed by atoms with E-state index in [2.05, 4.69) is 21.2 Å². The van der Waals surface area contributed by atoms with Crippen LogP contribution in [-0.2, 0) is 11.3 Å². The maximum absolute atomic E-state index is 12.2. The fraction of sp³-hybridized carbons (Fsp3) is 0.222. The molecular formula is C18H18BrClN2O3. The van der Waals surface area contributed by atoms with Crippen molar-refractivity contribution in [2.75, 3.05) is 20.7 Å². The Morgan fingerprint density at radius 1 is 1.20 bits per heavy atom. The van der Waals surface area contributed by atoms with Gasteiger partial charge in [0.25, 0.3) is 11.8 Å². The summed E-state index contributed by atoms with van der Waals surface area (Å²) in [5.74, 6) is 0.145. The molecule has 0 unspecified atom stereocenters. The number of ether oxygens (including phenoxy) is 1. The van der Waals surface area contributed by atoms with Gasteiger partial charge in [0.1, 0.15) is 5.75 Å². The van der Waals surface area contributed by atoms with Gasteiger partial charge in [0.2, 0.25) is 0 Å². The summed E-state index contributed by atoms with van der Waals surface area (Å²) < 4.78 is 6.32. The first-order chi connectivity index (χ1) is 11.9. The van der Waals surface area contributed by atoms with Gasteiger partial charge in [-0.15, -0.1) is 0 Å². The van der Waals surface area contributed by atoms with Crippen LogP contribution in [0.2, 0.25) is 5.02 Å². The molecule has 0 radical (unpaired) electrons. The Kier molecular flexibility index (Phi) is 6.84. The van der Waals surface area contributed by atoms with Crippen LogP contribution in [0.15, 0.2) is 46.9 Å². The highest BCUT2D eigenvalue weighted by molar-refractivity contribution is 9.10. The minimum absolute atomic E-state index is 0.103. The molecule has 2 rings (SSSR count). The molecule has 0 fully saturated rings. The number of benzene rings is 2. The van der Waals surface area contributed by atoms with Crippen molar-refractivity contribution in [2.45, 2.75) is 6.54 Å². The summed E-state index contributed by atoms with van der Waals surface area (Å²) in [4.78, 5) is 25.3. The van der Waals surface area contributed by atoms with Crippen LogP contribution < -0.4 is 10.1 Å². The summed E-state index contributed by atoms with van der Waals surface area (Å²) in [7, 11) is 3.28. The summed E-state index contributed by atoms with van der Waals surface area (Å²) in [5, 5.41) is 3.01. The van der Waals surface area contributed by atoms with Crippen LogP contribution in [0.1, 0.15) is 15.9 Å². The van der Waals surface area contributed by atoms with Gasteiger partial charge in [-0.3, -0.25) is 9.59 Å². The summed E-state index contributed by atoms with van der Waals surface area (Å²) in [6.07, 6.45) is 0. The highest BCUT2D eigenvalue weighted by Crippen LogP contribution is 2.27. The van der Waals surface area contributed by atoms with Crippen LogP contribution in [0, 0.1) is 0 Å². The topological polar surface area (TPSA) is 58.6 Å². The molecule has 0 saturated carbocycles. The number of likely N-dealkylation sites (N-methyl/N-ethyl adjacent to an activating group) is 1. The number of rotatable bonds is 6. The number of hydrogen-bond acceptors (Lipinski definition) is 3. The average Bonchev–Trinajstić information content (AvgIpc) is 2.60. The number of hydrogen-bond donors (Lipinski definition) is 1. The van der Waals surface area contributed by atoms with Crippen molar-refractivity contribution in [3.05, 3.63) is 63.1 Å². The minimum atomic E-state index is -0.172. The van der Waals surface area contributed by atoms with Crippen LogP contribution in [0.5, 0.6) is 5.75 Å². The molecule has 0 saturated heterocycles. The number of carbonyl (C=O) groups is 2. The Hall–Kier alpha value is -2.05. The van der Waals surface area contributed by atoms with Crippen LogP contribution in [0.3, 0.4) is 0 Å². The number of nitrogens with zero attached hydrogens (tertiary/aromatic N) is 1. The standard InChI is InChI=1S/C18H18BrClN2O3/c1-21-18(24)13-5-3-12(4-6-13)10-22(2)17(23)11-25-16-8-7-14(19)9-15(16)20/h3-9H,10-11H2,1-2H3,(H,21,24). The van der Waals surface area contributed by atoms with Crippen molar-refractivity contribution in [2.24, 2.45) is 0 Å². The Bertz CT molecular complexity index is 765. The normalized spacial score (nSPS) is 10.2. The molecule has 25 heavy (non-hydrogen) atoms. The van der Waals surface area contributed by atoms with Gasteiger partial charge in [0.05, 0.1) is 5.02 Å². The predicted molar refractivity (Wildman–Crippen MR) is 101 cm³/mol. The van der Waals surface area contributed by atoms with Gasteiger partial charge in [0, 0.05) is 30.7 Å². The third-order valence-electron chi connectivity index (χ3n) is 3.53. The van der Waals surface area contributed by atoms with E-state index < -0.39 is 0 Å². The summed E-state index contributed by atoms with van der Waals surface area (Å²) in [5.41, 5.74) is 1.50. The third kappa shape index (κ3) is 5.47. The second-order valence-electron chi connectivity index (χ2n) is 5.39. The molecule has 0 aliphatic heterocycles. The van der Waals surface area contributed by atoms with E-state index >= 15 is 0 Å². The van der Waals surface area contributed by atoms with E-state index in [-0.39, 0.29) is 18.4 Å². The number of nitrogens with one attached hydrogen (secondary N) is 1. The van der Waals surface area contributed by atoms with E-state index in [1.807, 2.05) is 12.1 Å². The fourth-order valence-corrected chi connectivity index (χ4v) is 2.84. The molecule has 1 N–H and O–H groups in total. The van der Waals surface area contributed by atoms with Crippen LogP contribution >= 0.6 is 27.5 Å². The molecule has 5 nitrogen and oxygen atoms in total. The van der Waals surface area contributed by atoms with Gasteiger partial charge in [-0.25, -0.2) is 0 Å².